The van der Waals surface area contributed by atoms with Crippen molar-refractivity contribution in [2.24, 2.45) is 10.8 Å². The second-order valence-corrected chi connectivity index (χ2v) is 8.25. The Kier molecular flexibility index (Phi) is 4.74. The van der Waals surface area contributed by atoms with Crippen molar-refractivity contribution in [1.82, 2.24) is 0 Å². The van der Waals surface area contributed by atoms with Gasteiger partial charge in [-0.1, -0.05) is 59.8 Å². The highest BCUT2D eigenvalue weighted by Crippen LogP contribution is 2.36. The van der Waals surface area contributed by atoms with Crippen molar-refractivity contribution in [2.75, 3.05) is 0 Å². The summed E-state index contributed by atoms with van der Waals surface area (Å²) < 4.78 is 6.17. The maximum absolute atomic E-state index is 9.35. The minimum atomic E-state index is 0.0440. The molecule has 124 valence electrons. The summed E-state index contributed by atoms with van der Waals surface area (Å²) in [5.41, 5.74) is 2.47. The second kappa shape index (κ2) is 6.27. The van der Waals surface area contributed by atoms with Gasteiger partial charge < -0.3 is 9.84 Å². The van der Waals surface area contributed by atoms with Gasteiger partial charge in [0.15, 0.2) is 0 Å². The first kappa shape index (κ1) is 17.4. The molecule has 0 saturated carbocycles. The molecule has 1 unspecified atom stereocenters. The highest BCUT2D eigenvalue weighted by molar-refractivity contribution is 5.54. The van der Waals surface area contributed by atoms with Gasteiger partial charge in [-0.05, 0) is 46.9 Å². The molecule has 1 heterocycles. The molecule has 2 nitrogen and oxygen atoms in total. The zero-order valence-electron chi connectivity index (χ0n) is 15.1. The van der Waals surface area contributed by atoms with Crippen LogP contribution < -0.4 is 0 Å². The number of phenols is 1. The third-order valence-corrected chi connectivity index (χ3v) is 3.94. The number of benzene rings is 1. The largest absolute Gasteiger partial charge is 0.508 e. The third-order valence-electron chi connectivity index (χ3n) is 3.94. The molecule has 1 atom stereocenters. The van der Waals surface area contributed by atoms with Gasteiger partial charge in [0, 0.05) is 5.41 Å². The third kappa shape index (κ3) is 4.75. The van der Waals surface area contributed by atoms with Crippen molar-refractivity contribution < 1.29 is 9.84 Å². The van der Waals surface area contributed by atoms with Crippen LogP contribution in [-0.2, 0) is 4.74 Å². The fourth-order valence-electron chi connectivity index (χ4n) is 2.32. The van der Waals surface area contributed by atoms with E-state index in [2.05, 4.69) is 53.7 Å². The van der Waals surface area contributed by atoms with Crippen LogP contribution in [-0.4, -0.2) is 11.2 Å². The predicted molar refractivity (Wildman–Crippen MR) is 97.1 cm³/mol. The summed E-state index contributed by atoms with van der Waals surface area (Å²) in [6.45, 7) is 13.3. The number of ether oxygens (including phenoxy) is 1. The summed E-state index contributed by atoms with van der Waals surface area (Å²) >= 11 is 0. The molecule has 1 aromatic rings. The molecule has 0 amide bonds. The molecule has 0 aliphatic carbocycles. The Morgan fingerprint density at radius 1 is 0.957 bits per heavy atom. The van der Waals surface area contributed by atoms with E-state index in [4.69, 9.17) is 4.74 Å². The maximum atomic E-state index is 9.35. The topological polar surface area (TPSA) is 29.5 Å². The first-order valence-corrected chi connectivity index (χ1v) is 8.13. The number of hydrogen-bond donors (Lipinski definition) is 1. The molecule has 0 bridgehead atoms. The maximum Gasteiger partial charge on any atom is 0.122 e. The van der Waals surface area contributed by atoms with Crippen molar-refractivity contribution in [1.29, 1.82) is 0 Å². The lowest BCUT2D eigenvalue weighted by atomic mass is 9.80. The molecule has 1 N–H and O–H groups in total. The zero-order valence-corrected chi connectivity index (χ0v) is 15.1. The molecule has 2 heteroatoms. The van der Waals surface area contributed by atoms with E-state index < -0.39 is 0 Å². The number of aromatic hydroxyl groups is 1. The Bertz CT molecular complexity index is 632. The van der Waals surface area contributed by atoms with E-state index in [0.717, 1.165) is 11.3 Å². The summed E-state index contributed by atoms with van der Waals surface area (Å²) in [6.07, 6.45) is 8.44. The molecule has 1 aliphatic rings. The van der Waals surface area contributed by atoms with Gasteiger partial charge in [-0.25, -0.2) is 0 Å². The van der Waals surface area contributed by atoms with E-state index in [1.807, 2.05) is 24.3 Å². The van der Waals surface area contributed by atoms with Crippen molar-refractivity contribution in [3.8, 4) is 5.75 Å². The van der Waals surface area contributed by atoms with E-state index in [1.54, 1.807) is 12.1 Å². The highest BCUT2D eigenvalue weighted by Gasteiger charge is 2.30. The average Bonchev–Trinajstić information content (AvgIpc) is 2.44. The van der Waals surface area contributed by atoms with Gasteiger partial charge in [-0.15, -0.1) is 0 Å². The molecule has 0 aromatic heterocycles. The van der Waals surface area contributed by atoms with Crippen LogP contribution in [0.25, 0.3) is 6.08 Å². The molecule has 1 aromatic carbocycles. The van der Waals surface area contributed by atoms with Crippen molar-refractivity contribution >= 4 is 6.08 Å². The van der Waals surface area contributed by atoms with E-state index in [9.17, 15) is 5.11 Å². The summed E-state index contributed by atoms with van der Waals surface area (Å²) in [7, 11) is 0. The molecule has 0 radical (unpaired) electrons. The van der Waals surface area contributed by atoms with Gasteiger partial charge in [0.05, 0.1) is 0 Å². The van der Waals surface area contributed by atoms with Crippen LogP contribution in [0.15, 0.2) is 53.8 Å². The predicted octanol–water partition coefficient (Wildman–Crippen LogP) is 5.71. The normalized spacial score (nSPS) is 19.3. The second-order valence-electron chi connectivity index (χ2n) is 8.25. The monoisotopic (exact) mass is 312 g/mol. The molecular weight excluding hydrogens is 284 g/mol. The number of hydrogen-bond acceptors (Lipinski definition) is 2. The number of rotatable bonds is 2. The molecule has 0 spiro atoms. The Morgan fingerprint density at radius 2 is 1.57 bits per heavy atom. The summed E-state index contributed by atoms with van der Waals surface area (Å²) in [5, 5.41) is 9.35. The molecule has 1 aliphatic heterocycles. The standard InChI is InChI=1S/C21H28O2/c1-20(2,3)16-13-18(23-19(14-16)21(4,5)6)12-9-15-7-10-17(22)11-8-15/h7-14,19,22H,1-6H3. The molecule has 0 fully saturated rings. The van der Waals surface area contributed by atoms with Crippen LogP contribution in [0.3, 0.4) is 0 Å². The van der Waals surface area contributed by atoms with Crippen molar-refractivity contribution in [3.05, 3.63) is 59.4 Å². The Hall–Kier alpha value is -1.96. The van der Waals surface area contributed by atoms with Crippen LogP contribution in [0, 0.1) is 10.8 Å². The zero-order chi connectivity index (χ0) is 17.3. The first-order chi connectivity index (χ1) is 10.6. The van der Waals surface area contributed by atoms with Gasteiger partial charge in [0.2, 0.25) is 0 Å². The van der Waals surface area contributed by atoms with Crippen LogP contribution in [0.2, 0.25) is 0 Å². The number of allylic oxidation sites excluding steroid dienone is 3. The van der Waals surface area contributed by atoms with Gasteiger partial charge in [0.25, 0.3) is 0 Å². The average molecular weight is 312 g/mol. The summed E-state index contributed by atoms with van der Waals surface area (Å²) in [4.78, 5) is 0. The molecule has 0 saturated heterocycles. The van der Waals surface area contributed by atoms with Gasteiger partial charge in [-0.2, -0.15) is 0 Å². The first-order valence-electron chi connectivity index (χ1n) is 8.13. The highest BCUT2D eigenvalue weighted by atomic mass is 16.5. The van der Waals surface area contributed by atoms with Crippen molar-refractivity contribution in [2.45, 2.75) is 47.6 Å². The lowest BCUT2D eigenvalue weighted by molar-refractivity contribution is 0.0653. The fraction of sp³-hybridized carbons (Fsp3) is 0.429. The van der Waals surface area contributed by atoms with E-state index >= 15 is 0 Å². The van der Waals surface area contributed by atoms with Gasteiger partial charge in [-0.3, -0.25) is 0 Å². The number of phenolic OH excluding ortho intramolecular Hbond substituents is 1. The van der Waals surface area contributed by atoms with Crippen LogP contribution in [0.1, 0.15) is 47.1 Å². The van der Waals surface area contributed by atoms with Crippen LogP contribution in [0.5, 0.6) is 5.75 Å². The van der Waals surface area contributed by atoms with Crippen molar-refractivity contribution in [3.63, 3.8) is 0 Å². The smallest absolute Gasteiger partial charge is 0.122 e. The lowest BCUT2D eigenvalue weighted by Crippen LogP contribution is -2.30. The Morgan fingerprint density at radius 3 is 2.09 bits per heavy atom. The van der Waals surface area contributed by atoms with Gasteiger partial charge in [0.1, 0.15) is 17.6 Å². The summed E-state index contributed by atoms with van der Waals surface area (Å²) in [5.74, 6) is 1.16. The quantitative estimate of drug-likeness (QED) is 0.758. The minimum absolute atomic E-state index is 0.0440. The van der Waals surface area contributed by atoms with Crippen LogP contribution in [0.4, 0.5) is 0 Å². The SMILES string of the molecule is CC(C)(C)C1=CC(C(C)(C)C)OC(C=Cc2ccc(O)cc2)=C1. The molecular formula is C21H28O2. The summed E-state index contributed by atoms with van der Waals surface area (Å²) in [6, 6.07) is 7.15. The molecule has 2 rings (SSSR count). The fourth-order valence-corrected chi connectivity index (χ4v) is 2.32. The van der Waals surface area contributed by atoms with Gasteiger partial charge >= 0.3 is 0 Å². The minimum Gasteiger partial charge on any atom is -0.508 e. The van der Waals surface area contributed by atoms with E-state index in [1.165, 1.54) is 5.57 Å². The van der Waals surface area contributed by atoms with E-state index in [0.29, 0.717) is 0 Å². The Labute approximate surface area is 140 Å². The lowest BCUT2D eigenvalue weighted by Gasteiger charge is -2.35. The van der Waals surface area contributed by atoms with Crippen LogP contribution >= 0.6 is 0 Å². The van der Waals surface area contributed by atoms with E-state index in [-0.39, 0.29) is 22.7 Å². The Balaban J connectivity index is 2.28. The molecule has 23 heavy (non-hydrogen) atoms.